The van der Waals surface area contributed by atoms with Crippen LogP contribution in [0.4, 0.5) is 0 Å². The van der Waals surface area contributed by atoms with E-state index in [0.717, 1.165) is 18.4 Å². The Morgan fingerprint density at radius 2 is 1.70 bits per heavy atom. The zero-order valence-corrected chi connectivity index (χ0v) is 15.4. The van der Waals surface area contributed by atoms with Gasteiger partial charge in [-0.25, -0.2) is 0 Å². The smallest absolute Gasteiger partial charge is 0.118 e. The van der Waals surface area contributed by atoms with Crippen molar-refractivity contribution in [2.24, 2.45) is 5.41 Å². The molecular formula is C21H34O2. The first-order valence-corrected chi connectivity index (χ1v) is 9.47. The van der Waals surface area contributed by atoms with E-state index in [0.29, 0.717) is 11.2 Å². The molecule has 1 aromatic rings. The molecule has 0 bridgehead atoms. The van der Waals surface area contributed by atoms with Crippen molar-refractivity contribution in [3.63, 3.8) is 0 Å². The van der Waals surface area contributed by atoms with E-state index in [1.165, 1.54) is 38.5 Å². The first kappa shape index (κ1) is 18.3. The number of aromatic hydroxyl groups is 1. The van der Waals surface area contributed by atoms with E-state index in [4.69, 9.17) is 4.74 Å². The maximum Gasteiger partial charge on any atom is 0.118 e. The van der Waals surface area contributed by atoms with Gasteiger partial charge in [-0.15, -0.1) is 0 Å². The molecule has 2 atom stereocenters. The summed E-state index contributed by atoms with van der Waals surface area (Å²) < 4.78 is 6.77. The molecule has 0 saturated heterocycles. The number of ether oxygens (including phenoxy) is 1. The lowest BCUT2D eigenvalue weighted by Gasteiger charge is -2.54. The van der Waals surface area contributed by atoms with E-state index in [1.54, 1.807) is 6.07 Å². The highest BCUT2D eigenvalue weighted by Gasteiger charge is 2.50. The first-order valence-electron chi connectivity index (χ1n) is 9.47. The van der Waals surface area contributed by atoms with Gasteiger partial charge in [-0.2, -0.15) is 0 Å². The van der Waals surface area contributed by atoms with Gasteiger partial charge in [-0.3, -0.25) is 0 Å². The Morgan fingerprint density at radius 1 is 1.04 bits per heavy atom. The number of phenolic OH excluding ortho intramolecular Hbond substituents is 1. The highest BCUT2D eigenvalue weighted by Crippen LogP contribution is 2.53. The summed E-state index contributed by atoms with van der Waals surface area (Å²) in [6, 6.07) is 7.63. The van der Waals surface area contributed by atoms with Crippen LogP contribution in [-0.2, 0) is 11.2 Å². The zero-order chi connectivity index (χ0) is 16.9. The summed E-state index contributed by atoms with van der Waals surface area (Å²) in [5, 5.41) is 10.0. The lowest BCUT2D eigenvalue weighted by Crippen LogP contribution is -2.53. The van der Waals surface area contributed by atoms with Crippen LogP contribution in [0.3, 0.4) is 0 Å². The third-order valence-corrected chi connectivity index (χ3v) is 6.30. The third kappa shape index (κ3) is 3.57. The number of hydrogen-bond acceptors (Lipinski definition) is 2. The third-order valence-electron chi connectivity index (χ3n) is 6.30. The average molecular weight is 319 g/mol. The molecule has 130 valence electrons. The van der Waals surface area contributed by atoms with Crippen LogP contribution in [0.2, 0.25) is 0 Å². The molecular weight excluding hydrogens is 284 g/mol. The van der Waals surface area contributed by atoms with Crippen molar-refractivity contribution < 1.29 is 9.84 Å². The van der Waals surface area contributed by atoms with Gasteiger partial charge in [0.15, 0.2) is 0 Å². The van der Waals surface area contributed by atoms with Crippen LogP contribution in [0.25, 0.3) is 0 Å². The predicted molar refractivity (Wildman–Crippen MR) is 96.9 cm³/mol. The van der Waals surface area contributed by atoms with Gasteiger partial charge in [-0.1, -0.05) is 51.8 Å². The number of rotatable bonds is 7. The Morgan fingerprint density at radius 3 is 2.30 bits per heavy atom. The quantitative estimate of drug-likeness (QED) is 0.681. The van der Waals surface area contributed by atoms with E-state index in [-0.39, 0.29) is 11.7 Å². The standard InChI is InChI=1S/C21H34O2/c1-5-20(6-2)14-10-11-15-21(20,7-3)23-17(4)16-18-12-8-9-13-19(18)22/h8-9,12-13,17,22H,5-7,10-11,14-16H2,1-4H3. The first-order chi connectivity index (χ1) is 11.0. The van der Waals surface area contributed by atoms with E-state index < -0.39 is 0 Å². The summed E-state index contributed by atoms with van der Waals surface area (Å²) in [7, 11) is 0. The monoisotopic (exact) mass is 318 g/mol. The van der Waals surface area contributed by atoms with Gasteiger partial charge in [0.2, 0.25) is 0 Å². The van der Waals surface area contributed by atoms with Gasteiger partial charge in [0.05, 0.1) is 11.7 Å². The minimum Gasteiger partial charge on any atom is -0.508 e. The molecule has 23 heavy (non-hydrogen) atoms. The van der Waals surface area contributed by atoms with E-state index in [9.17, 15) is 5.11 Å². The van der Waals surface area contributed by atoms with Crippen molar-refractivity contribution in [1.29, 1.82) is 0 Å². The van der Waals surface area contributed by atoms with Crippen molar-refractivity contribution in [3.8, 4) is 5.75 Å². The van der Waals surface area contributed by atoms with Gasteiger partial charge in [-0.05, 0) is 56.1 Å². The van der Waals surface area contributed by atoms with Crippen LogP contribution in [0.5, 0.6) is 5.75 Å². The Labute approximate surface area is 142 Å². The molecule has 0 amide bonds. The van der Waals surface area contributed by atoms with Crippen LogP contribution in [0.15, 0.2) is 24.3 Å². The molecule has 2 unspecified atom stereocenters. The zero-order valence-electron chi connectivity index (χ0n) is 15.4. The van der Waals surface area contributed by atoms with Gasteiger partial charge in [0.25, 0.3) is 0 Å². The number of para-hydroxylation sites is 1. The Balaban J connectivity index is 2.17. The van der Waals surface area contributed by atoms with Gasteiger partial charge in [0.1, 0.15) is 5.75 Å². The summed E-state index contributed by atoms with van der Waals surface area (Å²) in [5.41, 5.74) is 1.30. The largest absolute Gasteiger partial charge is 0.508 e. The molecule has 1 saturated carbocycles. The Hall–Kier alpha value is -1.02. The summed E-state index contributed by atoms with van der Waals surface area (Å²) in [4.78, 5) is 0. The van der Waals surface area contributed by atoms with Crippen molar-refractivity contribution in [3.05, 3.63) is 29.8 Å². The minimum atomic E-state index is -0.00142. The highest BCUT2D eigenvalue weighted by molar-refractivity contribution is 5.32. The molecule has 1 fully saturated rings. The van der Waals surface area contributed by atoms with Crippen LogP contribution in [0.1, 0.15) is 78.2 Å². The Kier molecular flexibility index (Phi) is 6.13. The maximum atomic E-state index is 10.0. The van der Waals surface area contributed by atoms with E-state index in [2.05, 4.69) is 27.7 Å². The fraction of sp³-hybridized carbons (Fsp3) is 0.714. The summed E-state index contributed by atoms with van der Waals surface area (Å²) in [6.07, 6.45) is 9.45. The normalized spacial score (nSPS) is 25.2. The SMILES string of the molecule is CCC1(CC)CCCCC1(CC)OC(C)Cc1ccccc1O. The van der Waals surface area contributed by atoms with Crippen molar-refractivity contribution in [2.75, 3.05) is 0 Å². The molecule has 2 heteroatoms. The maximum absolute atomic E-state index is 10.0. The average Bonchev–Trinajstić information content (AvgIpc) is 2.57. The minimum absolute atomic E-state index is 0.00142. The molecule has 1 aliphatic rings. The second kappa shape index (κ2) is 7.70. The number of benzene rings is 1. The number of phenols is 1. The molecule has 1 aromatic carbocycles. The molecule has 0 aromatic heterocycles. The molecule has 0 radical (unpaired) electrons. The van der Waals surface area contributed by atoms with Crippen LogP contribution in [-0.4, -0.2) is 16.8 Å². The molecule has 1 aliphatic carbocycles. The van der Waals surface area contributed by atoms with Crippen molar-refractivity contribution >= 4 is 0 Å². The lowest BCUT2D eigenvalue weighted by molar-refractivity contribution is -0.189. The molecule has 2 rings (SSSR count). The molecule has 0 aliphatic heterocycles. The van der Waals surface area contributed by atoms with Crippen LogP contribution >= 0.6 is 0 Å². The fourth-order valence-corrected chi connectivity index (χ4v) is 4.85. The topological polar surface area (TPSA) is 29.5 Å². The second-order valence-electron chi connectivity index (χ2n) is 7.30. The van der Waals surface area contributed by atoms with Crippen LogP contribution < -0.4 is 0 Å². The lowest BCUT2D eigenvalue weighted by atomic mass is 9.59. The summed E-state index contributed by atoms with van der Waals surface area (Å²) in [6.45, 7) is 9.11. The molecule has 1 N–H and O–H groups in total. The molecule has 2 nitrogen and oxygen atoms in total. The molecule has 0 heterocycles. The Bertz CT molecular complexity index is 492. The predicted octanol–water partition coefficient (Wildman–Crippen LogP) is 5.87. The van der Waals surface area contributed by atoms with Crippen molar-refractivity contribution in [2.45, 2.75) is 90.8 Å². The van der Waals surface area contributed by atoms with E-state index in [1.807, 2.05) is 18.2 Å². The van der Waals surface area contributed by atoms with E-state index >= 15 is 0 Å². The fourth-order valence-electron chi connectivity index (χ4n) is 4.85. The number of hydrogen-bond donors (Lipinski definition) is 1. The van der Waals surface area contributed by atoms with Crippen molar-refractivity contribution in [1.82, 2.24) is 0 Å². The van der Waals surface area contributed by atoms with Gasteiger partial charge < -0.3 is 9.84 Å². The summed E-state index contributed by atoms with van der Waals surface area (Å²) in [5.74, 6) is 0.384. The van der Waals surface area contributed by atoms with Gasteiger partial charge in [0, 0.05) is 6.42 Å². The summed E-state index contributed by atoms with van der Waals surface area (Å²) >= 11 is 0. The van der Waals surface area contributed by atoms with Crippen LogP contribution in [0, 0.1) is 5.41 Å². The highest BCUT2D eigenvalue weighted by atomic mass is 16.5. The second-order valence-corrected chi connectivity index (χ2v) is 7.30. The molecule has 0 spiro atoms. The van der Waals surface area contributed by atoms with Gasteiger partial charge >= 0.3 is 0 Å².